The van der Waals surface area contributed by atoms with Crippen LogP contribution in [0.1, 0.15) is 25.6 Å². The van der Waals surface area contributed by atoms with Gasteiger partial charge in [0.25, 0.3) is 0 Å². The molecule has 2 aromatic rings. The summed E-state index contributed by atoms with van der Waals surface area (Å²) in [4.78, 5) is 15.3. The molecule has 2 rings (SSSR count). The highest BCUT2D eigenvalue weighted by Gasteiger charge is 2.16. The van der Waals surface area contributed by atoms with Crippen molar-refractivity contribution >= 4 is 22.7 Å². The van der Waals surface area contributed by atoms with Gasteiger partial charge in [-0.2, -0.15) is 0 Å². The summed E-state index contributed by atoms with van der Waals surface area (Å²) in [6.45, 7) is 3.87. The Morgan fingerprint density at radius 2 is 2.24 bits per heavy atom. The van der Waals surface area contributed by atoms with Crippen molar-refractivity contribution in [2.24, 2.45) is 0 Å². The van der Waals surface area contributed by atoms with Gasteiger partial charge in [-0.1, -0.05) is 19.9 Å². The summed E-state index contributed by atoms with van der Waals surface area (Å²) in [5.74, 6) is 0.0232. The van der Waals surface area contributed by atoms with E-state index in [1.807, 2.05) is 26.0 Å². The van der Waals surface area contributed by atoms with Gasteiger partial charge in [0, 0.05) is 5.92 Å². The third-order valence-corrected chi connectivity index (χ3v) is 2.65. The first-order valence-electron chi connectivity index (χ1n) is 5.47. The maximum Gasteiger partial charge on any atom is 0.323 e. The van der Waals surface area contributed by atoms with Crippen molar-refractivity contribution in [3.05, 3.63) is 24.0 Å². The Morgan fingerprint density at radius 3 is 2.82 bits per heavy atom. The van der Waals surface area contributed by atoms with Crippen LogP contribution in [0, 0.1) is 0 Å². The van der Waals surface area contributed by atoms with E-state index in [4.69, 9.17) is 10.8 Å². The average Bonchev–Trinajstić information content (AvgIpc) is 2.58. The first-order chi connectivity index (χ1) is 8.00. The second-order valence-corrected chi connectivity index (χ2v) is 4.32. The minimum Gasteiger partial charge on any atom is -0.480 e. The van der Waals surface area contributed by atoms with Gasteiger partial charge in [-0.05, 0) is 12.1 Å². The van der Waals surface area contributed by atoms with E-state index < -0.39 is 5.97 Å². The highest BCUT2D eigenvalue weighted by Crippen LogP contribution is 2.25. The highest BCUT2D eigenvalue weighted by molar-refractivity contribution is 5.88. The lowest BCUT2D eigenvalue weighted by molar-refractivity contribution is -0.137. The van der Waals surface area contributed by atoms with Crippen LogP contribution in [-0.4, -0.2) is 20.6 Å². The number of nitrogen functional groups attached to an aromatic ring is 1. The Hall–Kier alpha value is -2.04. The molecule has 0 aliphatic heterocycles. The summed E-state index contributed by atoms with van der Waals surface area (Å²) in [6.07, 6.45) is 0. The number of anilines is 1. The van der Waals surface area contributed by atoms with Crippen LogP contribution in [0.4, 0.5) is 5.69 Å². The monoisotopic (exact) mass is 233 g/mol. The highest BCUT2D eigenvalue weighted by atomic mass is 16.4. The molecule has 0 amide bonds. The molecular formula is C12H15N3O2. The second-order valence-electron chi connectivity index (χ2n) is 4.32. The third kappa shape index (κ3) is 1.95. The maximum absolute atomic E-state index is 10.9. The van der Waals surface area contributed by atoms with Crippen molar-refractivity contribution in [3.63, 3.8) is 0 Å². The molecule has 5 heteroatoms. The van der Waals surface area contributed by atoms with Gasteiger partial charge >= 0.3 is 5.97 Å². The van der Waals surface area contributed by atoms with Gasteiger partial charge in [0.05, 0.1) is 11.2 Å². The Morgan fingerprint density at radius 1 is 1.53 bits per heavy atom. The Bertz CT molecular complexity index is 572. The van der Waals surface area contributed by atoms with Crippen molar-refractivity contribution in [1.82, 2.24) is 9.55 Å². The predicted octanol–water partition coefficient (Wildman–Crippen LogP) is 1.83. The smallest absolute Gasteiger partial charge is 0.323 e. The molecule has 0 fully saturated rings. The molecule has 3 N–H and O–H groups in total. The number of para-hydroxylation sites is 1. The zero-order valence-corrected chi connectivity index (χ0v) is 9.84. The molecule has 0 atom stereocenters. The van der Waals surface area contributed by atoms with Crippen LogP contribution in [0.3, 0.4) is 0 Å². The molecule has 1 aromatic carbocycles. The first-order valence-corrected chi connectivity index (χ1v) is 5.47. The fourth-order valence-electron chi connectivity index (χ4n) is 1.93. The van der Waals surface area contributed by atoms with E-state index in [0.29, 0.717) is 11.2 Å². The Labute approximate surface area is 98.9 Å². The van der Waals surface area contributed by atoms with Crippen molar-refractivity contribution < 1.29 is 9.90 Å². The first kappa shape index (κ1) is 11.4. The minimum atomic E-state index is -0.881. The van der Waals surface area contributed by atoms with E-state index in [0.717, 1.165) is 11.3 Å². The van der Waals surface area contributed by atoms with Crippen LogP contribution in [-0.2, 0) is 11.3 Å². The number of nitrogens with zero attached hydrogens (tertiary/aromatic N) is 2. The molecule has 17 heavy (non-hydrogen) atoms. The number of hydrogen-bond acceptors (Lipinski definition) is 3. The number of carbonyl (C=O) groups is 1. The lowest BCUT2D eigenvalue weighted by Gasteiger charge is -2.08. The van der Waals surface area contributed by atoms with Crippen LogP contribution in [0.5, 0.6) is 0 Å². The third-order valence-electron chi connectivity index (χ3n) is 2.65. The van der Waals surface area contributed by atoms with E-state index in [-0.39, 0.29) is 12.5 Å². The van der Waals surface area contributed by atoms with Crippen molar-refractivity contribution in [2.75, 3.05) is 5.73 Å². The topological polar surface area (TPSA) is 81.1 Å². The van der Waals surface area contributed by atoms with Crippen LogP contribution in [0.2, 0.25) is 0 Å². The van der Waals surface area contributed by atoms with Gasteiger partial charge in [0.15, 0.2) is 0 Å². The number of rotatable bonds is 3. The van der Waals surface area contributed by atoms with Crippen molar-refractivity contribution in [1.29, 1.82) is 0 Å². The molecule has 1 heterocycles. The number of carboxylic acids is 1. The van der Waals surface area contributed by atoms with Crippen LogP contribution >= 0.6 is 0 Å². The van der Waals surface area contributed by atoms with Crippen LogP contribution in [0.15, 0.2) is 18.2 Å². The number of nitrogens with two attached hydrogens (primary N) is 1. The Kier molecular flexibility index (Phi) is 2.75. The number of aliphatic carboxylic acids is 1. The van der Waals surface area contributed by atoms with Gasteiger partial charge in [-0.25, -0.2) is 4.98 Å². The number of fused-ring (bicyclic) bond motifs is 1. The van der Waals surface area contributed by atoms with Crippen molar-refractivity contribution in [2.45, 2.75) is 26.3 Å². The lowest BCUT2D eigenvalue weighted by atomic mass is 10.2. The van der Waals surface area contributed by atoms with Gasteiger partial charge in [0.1, 0.15) is 17.9 Å². The van der Waals surface area contributed by atoms with Crippen LogP contribution in [0.25, 0.3) is 11.0 Å². The molecule has 0 aliphatic carbocycles. The molecule has 5 nitrogen and oxygen atoms in total. The van der Waals surface area contributed by atoms with E-state index >= 15 is 0 Å². The number of aromatic nitrogens is 2. The summed E-state index contributed by atoms with van der Waals surface area (Å²) in [6, 6.07) is 5.42. The quantitative estimate of drug-likeness (QED) is 0.792. The lowest BCUT2D eigenvalue weighted by Crippen LogP contribution is -2.12. The summed E-state index contributed by atoms with van der Waals surface area (Å²) < 4.78 is 1.71. The number of imidazole rings is 1. The Balaban J connectivity index is 2.71. The second kappa shape index (κ2) is 4.08. The molecular weight excluding hydrogens is 218 g/mol. The normalized spacial score (nSPS) is 11.2. The van der Waals surface area contributed by atoms with E-state index in [1.165, 1.54) is 0 Å². The SMILES string of the molecule is CC(C)c1nc2c(N)cccc2n1CC(=O)O. The summed E-state index contributed by atoms with van der Waals surface area (Å²) in [7, 11) is 0. The molecule has 0 saturated heterocycles. The van der Waals surface area contributed by atoms with Gasteiger partial charge in [0.2, 0.25) is 0 Å². The summed E-state index contributed by atoms with van der Waals surface area (Å²) in [5, 5.41) is 8.94. The summed E-state index contributed by atoms with van der Waals surface area (Å²) >= 11 is 0. The zero-order valence-electron chi connectivity index (χ0n) is 9.84. The average molecular weight is 233 g/mol. The van der Waals surface area contributed by atoms with Crippen LogP contribution < -0.4 is 5.73 Å². The number of hydrogen-bond donors (Lipinski definition) is 2. The predicted molar refractivity (Wildman–Crippen MR) is 65.9 cm³/mol. The molecule has 0 saturated carbocycles. The molecule has 0 radical (unpaired) electrons. The molecule has 0 aliphatic rings. The van der Waals surface area contributed by atoms with Gasteiger partial charge in [-0.15, -0.1) is 0 Å². The van der Waals surface area contributed by atoms with Gasteiger partial charge in [-0.3, -0.25) is 4.79 Å². The number of carboxylic acid groups (broad SMARTS) is 1. The number of benzene rings is 1. The minimum absolute atomic E-state index is 0.0898. The molecule has 0 bridgehead atoms. The summed E-state index contributed by atoms with van der Waals surface area (Å²) in [5.41, 5.74) is 7.88. The van der Waals surface area contributed by atoms with E-state index in [9.17, 15) is 4.79 Å². The largest absolute Gasteiger partial charge is 0.480 e. The standard InChI is InChI=1S/C12H15N3O2/c1-7(2)12-14-11-8(13)4-3-5-9(11)15(12)6-10(16)17/h3-5,7H,6,13H2,1-2H3,(H,16,17). The zero-order chi connectivity index (χ0) is 12.6. The van der Waals surface area contributed by atoms with E-state index in [2.05, 4.69) is 4.98 Å². The molecule has 0 spiro atoms. The molecule has 0 unspecified atom stereocenters. The molecule has 90 valence electrons. The fraction of sp³-hybridized carbons (Fsp3) is 0.333. The van der Waals surface area contributed by atoms with Gasteiger partial charge < -0.3 is 15.4 Å². The van der Waals surface area contributed by atoms with E-state index in [1.54, 1.807) is 10.6 Å². The van der Waals surface area contributed by atoms with Crippen molar-refractivity contribution in [3.8, 4) is 0 Å². The fourth-order valence-corrected chi connectivity index (χ4v) is 1.93. The molecule has 1 aromatic heterocycles. The maximum atomic E-state index is 10.9.